The van der Waals surface area contributed by atoms with Gasteiger partial charge in [-0.2, -0.15) is 0 Å². The Bertz CT molecular complexity index is 1260. The molecule has 0 fully saturated rings. The SMILES string of the molecule is COc1cc(C(Cc2ccccc2)NCC(O)Cc2ccc(O)c(NS(C)(=O)=O)c2)cc(OC)c1OC. The van der Waals surface area contributed by atoms with Gasteiger partial charge in [0.1, 0.15) is 5.75 Å². The van der Waals surface area contributed by atoms with E-state index in [2.05, 4.69) is 10.0 Å². The first-order chi connectivity index (χ1) is 17.6. The first-order valence-electron chi connectivity index (χ1n) is 11.7. The van der Waals surface area contributed by atoms with Gasteiger partial charge in [-0.25, -0.2) is 8.42 Å². The lowest BCUT2D eigenvalue weighted by Gasteiger charge is -2.24. The number of hydrogen-bond donors (Lipinski definition) is 4. The second-order valence-corrected chi connectivity index (χ2v) is 10.4. The van der Waals surface area contributed by atoms with E-state index in [0.29, 0.717) is 29.2 Å². The smallest absolute Gasteiger partial charge is 0.229 e. The second-order valence-electron chi connectivity index (χ2n) is 8.69. The van der Waals surface area contributed by atoms with Crippen LogP contribution in [0.2, 0.25) is 0 Å². The average molecular weight is 531 g/mol. The zero-order valence-electron chi connectivity index (χ0n) is 21.4. The van der Waals surface area contributed by atoms with Gasteiger partial charge in [-0.05, 0) is 53.8 Å². The lowest BCUT2D eigenvalue weighted by atomic mass is 9.97. The minimum Gasteiger partial charge on any atom is -0.506 e. The lowest BCUT2D eigenvalue weighted by Crippen LogP contribution is -2.32. The molecule has 0 aliphatic heterocycles. The van der Waals surface area contributed by atoms with E-state index in [1.165, 1.54) is 12.1 Å². The monoisotopic (exact) mass is 530 g/mol. The van der Waals surface area contributed by atoms with Crippen LogP contribution in [0.1, 0.15) is 22.7 Å². The van der Waals surface area contributed by atoms with Crippen molar-refractivity contribution in [3.63, 3.8) is 0 Å². The fraction of sp³-hybridized carbons (Fsp3) is 0.333. The van der Waals surface area contributed by atoms with Crippen LogP contribution in [0, 0.1) is 0 Å². The molecular formula is C27H34N2O7S. The number of sulfonamides is 1. The maximum absolute atomic E-state index is 11.6. The Morgan fingerprint density at radius 2 is 1.51 bits per heavy atom. The quantitative estimate of drug-likeness (QED) is 0.248. The molecule has 9 nitrogen and oxygen atoms in total. The third-order valence-electron chi connectivity index (χ3n) is 5.80. The lowest BCUT2D eigenvalue weighted by molar-refractivity contribution is 0.167. The first-order valence-corrected chi connectivity index (χ1v) is 13.6. The summed E-state index contributed by atoms with van der Waals surface area (Å²) >= 11 is 0. The Balaban J connectivity index is 1.81. The molecular weight excluding hydrogens is 496 g/mol. The van der Waals surface area contributed by atoms with Gasteiger partial charge in [0.05, 0.1) is 39.4 Å². The minimum absolute atomic E-state index is 0.0690. The zero-order chi connectivity index (χ0) is 27.0. The number of ether oxygens (including phenoxy) is 3. The van der Waals surface area contributed by atoms with Gasteiger partial charge in [0.15, 0.2) is 11.5 Å². The number of nitrogens with one attached hydrogen (secondary N) is 2. The molecule has 2 unspecified atom stereocenters. The van der Waals surface area contributed by atoms with Crippen LogP contribution < -0.4 is 24.2 Å². The van der Waals surface area contributed by atoms with Crippen LogP contribution in [0.4, 0.5) is 5.69 Å². The van der Waals surface area contributed by atoms with Crippen molar-refractivity contribution in [3.05, 3.63) is 77.4 Å². The highest BCUT2D eigenvalue weighted by atomic mass is 32.2. The molecule has 3 rings (SSSR count). The maximum atomic E-state index is 11.6. The van der Waals surface area contributed by atoms with Crippen LogP contribution >= 0.6 is 0 Å². The van der Waals surface area contributed by atoms with Crippen LogP contribution in [0.15, 0.2) is 60.7 Å². The molecule has 3 aromatic carbocycles. The Hall–Kier alpha value is -3.47. The molecule has 4 N–H and O–H groups in total. The van der Waals surface area contributed by atoms with Crippen LogP contribution in [-0.4, -0.2) is 58.9 Å². The Kier molecular flexibility index (Phi) is 9.62. The van der Waals surface area contributed by atoms with Gasteiger partial charge in [0.25, 0.3) is 0 Å². The van der Waals surface area contributed by atoms with Gasteiger partial charge in [-0.15, -0.1) is 0 Å². The summed E-state index contributed by atoms with van der Waals surface area (Å²) in [6, 6.07) is 18.1. The predicted molar refractivity (Wildman–Crippen MR) is 143 cm³/mol. The van der Waals surface area contributed by atoms with E-state index < -0.39 is 16.1 Å². The number of rotatable bonds is 13. The molecule has 10 heteroatoms. The number of methoxy groups -OCH3 is 3. The van der Waals surface area contributed by atoms with E-state index in [9.17, 15) is 18.6 Å². The van der Waals surface area contributed by atoms with Gasteiger partial charge in [0.2, 0.25) is 15.8 Å². The summed E-state index contributed by atoms with van der Waals surface area (Å²) in [5, 5.41) is 24.2. The van der Waals surface area contributed by atoms with E-state index in [1.54, 1.807) is 27.4 Å². The molecule has 0 radical (unpaired) electrons. The number of aliphatic hydroxyl groups excluding tert-OH is 1. The summed E-state index contributed by atoms with van der Waals surface area (Å²) in [6.07, 6.45) is 1.12. The summed E-state index contributed by atoms with van der Waals surface area (Å²) in [4.78, 5) is 0. The summed E-state index contributed by atoms with van der Waals surface area (Å²) in [5.74, 6) is 1.38. The highest BCUT2D eigenvalue weighted by molar-refractivity contribution is 7.92. The number of aromatic hydroxyl groups is 1. The Morgan fingerprint density at radius 3 is 2.08 bits per heavy atom. The van der Waals surface area contributed by atoms with Crippen molar-refractivity contribution in [2.24, 2.45) is 0 Å². The summed E-state index contributed by atoms with van der Waals surface area (Å²) < 4.78 is 41.9. The van der Waals surface area contributed by atoms with Crippen molar-refractivity contribution < 1.29 is 32.8 Å². The molecule has 0 heterocycles. The van der Waals surface area contributed by atoms with Crippen LogP contribution in [0.3, 0.4) is 0 Å². The van der Waals surface area contributed by atoms with Crippen molar-refractivity contribution in [1.29, 1.82) is 0 Å². The molecule has 0 saturated carbocycles. The fourth-order valence-electron chi connectivity index (χ4n) is 4.07. The van der Waals surface area contributed by atoms with Crippen LogP contribution in [-0.2, 0) is 22.9 Å². The number of aliphatic hydroxyl groups is 1. The van der Waals surface area contributed by atoms with Gasteiger partial charge in [0, 0.05) is 12.6 Å². The van der Waals surface area contributed by atoms with E-state index in [0.717, 1.165) is 17.4 Å². The molecule has 0 spiro atoms. The number of phenolic OH excluding ortho intramolecular Hbond substituents is 1. The number of benzene rings is 3. The summed E-state index contributed by atoms with van der Waals surface area (Å²) in [7, 11) is 1.12. The molecule has 0 aliphatic carbocycles. The maximum Gasteiger partial charge on any atom is 0.229 e. The standard InChI is InChI=1S/C27H34N2O7S/c1-34-25-15-20(16-26(35-2)27(25)36-3)22(13-18-8-6-5-7-9-18)28-17-21(30)12-19-10-11-24(31)23(14-19)29-37(4,32)33/h5-11,14-16,21-22,28-31H,12-13,17H2,1-4H3. The van der Waals surface area contributed by atoms with Gasteiger partial charge >= 0.3 is 0 Å². The molecule has 200 valence electrons. The molecule has 2 atom stereocenters. The minimum atomic E-state index is -3.56. The van der Waals surface area contributed by atoms with E-state index in [1.807, 2.05) is 42.5 Å². The molecule has 0 bridgehead atoms. The molecule has 0 saturated heterocycles. The predicted octanol–water partition coefficient (Wildman–Crippen LogP) is 3.27. The summed E-state index contributed by atoms with van der Waals surface area (Å²) in [5.41, 5.74) is 2.75. The van der Waals surface area contributed by atoms with Crippen molar-refractivity contribution in [2.45, 2.75) is 25.0 Å². The fourth-order valence-corrected chi connectivity index (χ4v) is 4.64. The highest BCUT2D eigenvalue weighted by Crippen LogP contribution is 2.40. The first kappa shape index (κ1) is 28.1. The largest absolute Gasteiger partial charge is 0.506 e. The number of hydrogen-bond acceptors (Lipinski definition) is 8. The van der Waals surface area contributed by atoms with E-state index in [-0.39, 0.29) is 30.4 Å². The van der Waals surface area contributed by atoms with Crippen molar-refractivity contribution in [2.75, 3.05) is 38.9 Å². The third kappa shape index (κ3) is 8.01. The summed E-state index contributed by atoms with van der Waals surface area (Å²) in [6.45, 7) is 0.254. The Morgan fingerprint density at radius 1 is 0.865 bits per heavy atom. The zero-order valence-corrected chi connectivity index (χ0v) is 22.2. The number of anilines is 1. The average Bonchev–Trinajstić information content (AvgIpc) is 2.87. The second kappa shape index (κ2) is 12.7. The normalized spacial score (nSPS) is 13.0. The Labute approximate surface area is 218 Å². The molecule has 0 aromatic heterocycles. The van der Waals surface area contributed by atoms with Gasteiger partial charge in [-0.3, -0.25) is 4.72 Å². The van der Waals surface area contributed by atoms with E-state index in [4.69, 9.17) is 14.2 Å². The molecule has 37 heavy (non-hydrogen) atoms. The van der Waals surface area contributed by atoms with Crippen LogP contribution in [0.5, 0.6) is 23.0 Å². The van der Waals surface area contributed by atoms with Crippen molar-refractivity contribution in [1.82, 2.24) is 5.32 Å². The number of phenols is 1. The van der Waals surface area contributed by atoms with Crippen LogP contribution in [0.25, 0.3) is 0 Å². The van der Waals surface area contributed by atoms with Gasteiger partial charge < -0.3 is 29.7 Å². The topological polar surface area (TPSA) is 126 Å². The highest BCUT2D eigenvalue weighted by Gasteiger charge is 2.20. The third-order valence-corrected chi connectivity index (χ3v) is 6.39. The van der Waals surface area contributed by atoms with E-state index >= 15 is 0 Å². The van der Waals surface area contributed by atoms with Crippen molar-refractivity contribution in [3.8, 4) is 23.0 Å². The molecule has 0 amide bonds. The molecule has 3 aromatic rings. The van der Waals surface area contributed by atoms with Gasteiger partial charge in [-0.1, -0.05) is 36.4 Å². The molecule has 0 aliphatic rings. The van der Waals surface area contributed by atoms with Crippen molar-refractivity contribution >= 4 is 15.7 Å².